The Morgan fingerprint density at radius 3 is 2.69 bits per heavy atom. The SMILES string of the molecule is Nc1ccccc1C(=O)CC1CCOCC1. The highest BCUT2D eigenvalue weighted by Gasteiger charge is 2.19. The van der Waals surface area contributed by atoms with Gasteiger partial charge in [0.05, 0.1) is 0 Å². The van der Waals surface area contributed by atoms with Crippen LogP contribution in [0.3, 0.4) is 0 Å². The monoisotopic (exact) mass is 219 g/mol. The minimum atomic E-state index is 0.157. The van der Waals surface area contributed by atoms with Crippen LogP contribution in [0.5, 0.6) is 0 Å². The summed E-state index contributed by atoms with van der Waals surface area (Å²) in [6.45, 7) is 1.56. The van der Waals surface area contributed by atoms with Gasteiger partial charge in [-0.05, 0) is 30.9 Å². The van der Waals surface area contributed by atoms with Crippen LogP contribution in [0.25, 0.3) is 0 Å². The molecule has 1 heterocycles. The average molecular weight is 219 g/mol. The Hall–Kier alpha value is -1.35. The fraction of sp³-hybridized carbons (Fsp3) is 0.462. The highest BCUT2D eigenvalue weighted by Crippen LogP contribution is 2.22. The number of ether oxygens (including phenoxy) is 1. The van der Waals surface area contributed by atoms with Gasteiger partial charge in [-0.15, -0.1) is 0 Å². The van der Waals surface area contributed by atoms with E-state index in [0.717, 1.165) is 26.1 Å². The van der Waals surface area contributed by atoms with Crippen LogP contribution in [0.1, 0.15) is 29.6 Å². The minimum absolute atomic E-state index is 0.157. The van der Waals surface area contributed by atoms with Gasteiger partial charge in [-0.25, -0.2) is 0 Å². The molecule has 1 aliphatic rings. The number of hydrogen-bond acceptors (Lipinski definition) is 3. The highest BCUT2D eigenvalue weighted by atomic mass is 16.5. The van der Waals surface area contributed by atoms with E-state index in [9.17, 15) is 4.79 Å². The molecule has 0 aliphatic carbocycles. The zero-order valence-corrected chi connectivity index (χ0v) is 9.32. The molecule has 1 fully saturated rings. The summed E-state index contributed by atoms with van der Waals surface area (Å²) in [5, 5.41) is 0. The molecule has 86 valence electrons. The molecular weight excluding hydrogens is 202 g/mol. The van der Waals surface area contributed by atoms with Crippen LogP contribution < -0.4 is 5.73 Å². The number of para-hydroxylation sites is 1. The Labute approximate surface area is 95.6 Å². The van der Waals surface area contributed by atoms with Crippen molar-refractivity contribution in [1.29, 1.82) is 0 Å². The van der Waals surface area contributed by atoms with Crippen molar-refractivity contribution in [2.45, 2.75) is 19.3 Å². The number of rotatable bonds is 3. The van der Waals surface area contributed by atoms with Gasteiger partial charge in [0, 0.05) is 30.9 Å². The number of ketones is 1. The summed E-state index contributed by atoms with van der Waals surface area (Å²) in [5.41, 5.74) is 7.03. The molecule has 0 radical (unpaired) electrons. The Bertz CT molecular complexity index is 370. The summed E-state index contributed by atoms with van der Waals surface area (Å²) < 4.78 is 5.27. The molecule has 2 rings (SSSR count). The van der Waals surface area contributed by atoms with Crippen LogP contribution in [0.2, 0.25) is 0 Å². The third-order valence-corrected chi connectivity index (χ3v) is 3.08. The maximum absolute atomic E-state index is 12.0. The minimum Gasteiger partial charge on any atom is -0.398 e. The first-order valence-corrected chi connectivity index (χ1v) is 5.73. The maximum Gasteiger partial charge on any atom is 0.165 e. The van der Waals surface area contributed by atoms with E-state index in [2.05, 4.69) is 0 Å². The third kappa shape index (κ3) is 2.61. The van der Waals surface area contributed by atoms with E-state index in [1.165, 1.54) is 0 Å². The molecule has 16 heavy (non-hydrogen) atoms. The lowest BCUT2D eigenvalue weighted by Crippen LogP contribution is -2.19. The molecule has 2 N–H and O–H groups in total. The number of Topliss-reactive ketones (excluding diaryl/α,β-unsaturated/α-hetero) is 1. The van der Waals surface area contributed by atoms with Crippen molar-refractivity contribution in [2.24, 2.45) is 5.92 Å². The van der Waals surface area contributed by atoms with E-state index in [-0.39, 0.29) is 5.78 Å². The highest BCUT2D eigenvalue weighted by molar-refractivity contribution is 6.00. The Kier molecular flexibility index (Phi) is 3.57. The lowest BCUT2D eigenvalue weighted by atomic mass is 9.91. The summed E-state index contributed by atoms with van der Waals surface area (Å²) in [5.74, 6) is 0.617. The first-order chi connectivity index (χ1) is 7.77. The summed E-state index contributed by atoms with van der Waals surface area (Å²) in [7, 11) is 0. The second-order valence-electron chi connectivity index (χ2n) is 4.27. The van der Waals surface area contributed by atoms with Gasteiger partial charge < -0.3 is 10.5 Å². The van der Waals surface area contributed by atoms with Crippen molar-refractivity contribution >= 4 is 11.5 Å². The predicted molar refractivity (Wildman–Crippen MR) is 63.3 cm³/mol. The van der Waals surface area contributed by atoms with Crippen LogP contribution in [0, 0.1) is 5.92 Å². The molecule has 1 aromatic carbocycles. The van der Waals surface area contributed by atoms with Crippen molar-refractivity contribution < 1.29 is 9.53 Å². The number of benzene rings is 1. The Morgan fingerprint density at radius 2 is 2.00 bits per heavy atom. The van der Waals surface area contributed by atoms with Crippen molar-refractivity contribution in [2.75, 3.05) is 18.9 Å². The summed E-state index contributed by atoms with van der Waals surface area (Å²) in [6, 6.07) is 7.28. The molecular formula is C13H17NO2. The zero-order valence-electron chi connectivity index (χ0n) is 9.32. The van der Waals surface area contributed by atoms with Crippen molar-refractivity contribution in [3.63, 3.8) is 0 Å². The van der Waals surface area contributed by atoms with E-state index in [0.29, 0.717) is 23.6 Å². The van der Waals surface area contributed by atoms with Crippen molar-refractivity contribution in [3.8, 4) is 0 Å². The molecule has 0 unspecified atom stereocenters. The topological polar surface area (TPSA) is 52.3 Å². The second-order valence-corrected chi connectivity index (χ2v) is 4.27. The normalized spacial score (nSPS) is 17.2. The van der Waals surface area contributed by atoms with Crippen LogP contribution in [0.15, 0.2) is 24.3 Å². The lowest BCUT2D eigenvalue weighted by molar-refractivity contribution is 0.0601. The van der Waals surface area contributed by atoms with E-state index in [1.54, 1.807) is 12.1 Å². The van der Waals surface area contributed by atoms with Crippen LogP contribution in [-0.4, -0.2) is 19.0 Å². The summed E-state index contributed by atoms with van der Waals surface area (Å²) >= 11 is 0. The fourth-order valence-electron chi connectivity index (χ4n) is 2.07. The molecule has 0 saturated carbocycles. The average Bonchev–Trinajstić information content (AvgIpc) is 2.31. The van der Waals surface area contributed by atoms with Gasteiger partial charge in [-0.3, -0.25) is 4.79 Å². The first kappa shape index (κ1) is 11.1. The quantitative estimate of drug-likeness (QED) is 0.626. The first-order valence-electron chi connectivity index (χ1n) is 5.73. The number of carbonyl (C=O) groups excluding carboxylic acids is 1. The maximum atomic E-state index is 12.0. The Morgan fingerprint density at radius 1 is 1.31 bits per heavy atom. The zero-order chi connectivity index (χ0) is 11.4. The van der Waals surface area contributed by atoms with E-state index >= 15 is 0 Å². The molecule has 0 bridgehead atoms. The molecule has 0 aromatic heterocycles. The van der Waals surface area contributed by atoms with Crippen LogP contribution in [-0.2, 0) is 4.74 Å². The van der Waals surface area contributed by atoms with Gasteiger partial charge in [-0.2, -0.15) is 0 Å². The largest absolute Gasteiger partial charge is 0.398 e. The number of carbonyl (C=O) groups is 1. The smallest absolute Gasteiger partial charge is 0.165 e. The van der Waals surface area contributed by atoms with Crippen molar-refractivity contribution in [3.05, 3.63) is 29.8 Å². The van der Waals surface area contributed by atoms with Gasteiger partial charge in [0.25, 0.3) is 0 Å². The molecule has 1 saturated heterocycles. The molecule has 3 heteroatoms. The number of hydrogen-bond donors (Lipinski definition) is 1. The molecule has 0 spiro atoms. The van der Waals surface area contributed by atoms with Crippen molar-refractivity contribution in [1.82, 2.24) is 0 Å². The van der Waals surface area contributed by atoms with Crippen LogP contribution >= 0.6 is 0 Å². The van der Waals surface area contributed by atoms with Crippen LogP contribution in [0.4, 0.5) is 5.69 Å². The van der Waals surface area contributed by atoms with E-state index in [1.807, 2.05) is 12.1 Å². The number of nitrogen functional groups attached to an aromatic ring is 1. The van der Waals surface area contributed by atoms with Gasteiger partial charge in [-0.1, -0.05) is 12.1 Å². The van der Waals surface area contributed by atoms with Gasteiger partial charge in [0.2, 0.25) is 0 Å². The molecule has 3 nitrogen and oxygen atoms in total. The van der Waals surface area contributed by atoms with Gasteiger partial charge in [0.1, 0.15) is 0 Å². The third-order valence-electron chi connectivity index (χ3n) is 3.08. The second kappa shape index (κ2) is 5.12. The Balaban J connectivity index is 2.00. The fourth-order valence-corrected chi connectivity index (χ4v) is 2.07. The molecule has 0 atom stereocenters. The lowest BCUT2D eigenvalue weighted by Gasteiger charge is -2.21. The van der Waals surface area contributed by atoms with E-state index in [4.69, 9.17) is 10.5 Å². The molecule has 0 amide bonds. The molecule has 1 aromatic rings. The molecule has 1 aliphatic heterocycles. The number of nitrogens with two attached hydrogens (primary N) is 1. The van der Waals surface area contributed by atoms with E-state index < -0.39 is 0 Å². The standard InChI is InChI=1S/C13H17NO2/c14-12-4-2-1-3-11(12)13(15)9-10-5-7-16-8-6-10/h1-4,10H,5-9,14H2. The van der Waals surface area contributed by atoms with Gasteiger partial charge >= 0.3 is 0 Å². The summed E-state index contributed by atoms with van der Waals surface area (Å²) in [4.78, 5) is 12.0. The van der Waals surface area contributed by atoms with Gasteiger partial charge in [0.15, 0.2) is 5.78 Å². The number of anilines is 1. The summed E-state index contributed by atoms with van der Waals surface area (Å²) in [6.07, 6.45) is 2.56. The predicted octanol–water partition coefficient (Wildman–Crippen LogP) is 2.27.